The maximum Gasteiger partial charge on any atom is 0.170 e. The van der Waals surface area contributed by atoms with Gasteiger partial charge >= 0.3 is 0 Å². The van der Waals surface area contributed by atoms with E-state index in [1.807, 2.05) is 10.6 Å². The Morgan fingerprint density at radius 1 is 1.40 bits per heavy atom. The molecule has 8 heteroatoms. The third kappa shape index (κ3) is 2.16. The van der Waals surface area contributed by atoms with Crippen molar-refractivity contribution in [2.45, 2.75) is 13.1 Å². The first-order chi connectivity index (χ1) is 9.69. The molecule has 0 fully saturated rings. The van der Waals surface area contributed by atoms with Crippen molar-refractivity contribution in [2.24, 2.45) is 10.9 Å². The normalized spacial score (nSPS) is 15.2. The molecule has 1 aliphatic rings. The summed E-state index contributed by atoms with van der Waals surface area (Å²) in [7, 11) is 0. The molecule has 3 rings (SSSR count). The van der Waals surface area contributed by atoms with E-state index in [2.05, 4.69) is 20.3 Å². The summed E-state index contributed by atoms with van der Waals surface area (Å²) in [5.41, 5.74) is 7.03. The standard InChI is InChI=1S/C12H13ClN6O/c13-9-5-8(12(14)17-20)1-2-10(9)18-3-4-19-7-15-16-11(19)6-18/h1-2,5,7,20H,3-4,6H2,(H2,14,17). The number of hydrogen-bond acceptors (Lipinski definition) is 5. The van der Waals surface area contributed by atoms with Gasteiger partial charge in [0.25, 0.3) is 0 Å². The van der Waals surface area contributed by atoms with Crippen LogP contribution in [0.4, 0.5) is 5.69 Å². The Hall–Kier alpha value is -2.28. The van der Waals surface area contributed by atoms with E-state index in [0.29, 0.717) is 17.1 Å². The quantitative estimate of drug-likeness (QED) is 0.373. The van der Waals surface area contributed by atoms with Gasteiger partial charge in [-0.15, -0.1) is 10.2 Å². The Morgan fingerprint density at radius 2 is 2.25 bits per heavy atom. The fourth-order valence-electron chi connectivity index (χ4n) is 2.25. The summed E-state index contributed by atoms with van der Waals surface area (Å²) in [6, 6.07) is 5.32. The van der Waals surface area contributed by atoms with Crippen molar-refractivity contribution in [1.29, 1.82) is 0 Å². The number of anilines is 1. The molecule has 1 aromatic heterocycles. The number of aromatic nitrogens is 3. The highest BCUT2D eigenvalue weighted by Gasteiger charge is 2.19. The average Bonchev–Trinajstić information content (AvgIpc) is 2.93. The number of benzene rings is 1. The summed E-state index contributed by atoms with van der Waals surface area (Å²) in [5, 5.41) is 20.2. The van der Waals surface area contributed by atoms with Crippen LogP contribution >= 0.6 is 11.6 Å². The maximum atomic E-state index is 8.67. The van der Waals surface area contributed by atoms with Gasteiger partial charge < -0.3 is 20.4 Å². The third-order valence-corrected chi connectivity index (χ3v) is 3.63. The third-order valence-electron chi connectivity index (χ3n) is 3.33. The molecule has 0 bridgehead atoms. The van der Waals surface area contributed by atoms with E-state index in [1.165, 1.54) is 0 Å². The van der Waals surface area contributed by atoms with Gasteiger partial charge in [-0.1, -0.05) is 16.8 Å². The Labute approximate surface area is 120 Å². The highest BCUT2D eigenvalue weighted by atomic mass is 35.5. The van der Waals surface area contributed by atoms with Gasteiger partial charge in [0.05, 0.1) is 17.3 Å². The minimum Gasteiger partial charge on any atom is -0.409 e. The van der Waals surface area contributed by atoms with E-state index in [0.717, 1.165) is 24.6 Å². The minimum absolute atomic E-state index is 0.0387. The Morgan fingerprint density at radius 3 is 3.00 bits per heavy atom. The number of oxime groups is 1. The van der Waals surface area contributed by atoms with Crippen molar-refractivity contribution in [1.82, 2.24) is 14.8 Å². The van der Waals surface area contributed by atoms with Crippen LogP contribution in [0.25, 0.3) is 0 Å². The van der Waals surface area contributed by atoms with Crippen molar-refractivity contribution in [3.8, 4) is 0 Å². The number of hydrogen-bond donors (Lipinski definition) is 2. The summed E-state index contributed by atoms with van der Waals surface area (Å²) in [4.78, 5) is 2.13. The zero-order valence-corrected chi connectivity index (χ0v) is 11.3. The van der Waals surface area contributed by atoms with Gasteiger partial charge in [0.2, 0.25) is 0 Å². The molecular formula is C12H13ClN6O. The van der Waals surface area contributed by atoms with Crippen LogP contribution in [-0.2, 0) is 13.1 Å². The lowest BCUT2D eigenvalue weighted by molar-refractivity contribution is 0.318. The number of nitrogens with two attached hydrogens (primary N) is 1. The van der Waals surface area contributed by atoms with Crippen LogP contribution in [0.5, 0.6) is 0 Å². The molecule has 0 aliphatic carbocycles. The fraction of sp³-hybridized carbons (Fsp3) is 0.250. The Kier molecular flexibility index (Phi) is 3.19. The average molecular weight is 293 g/mol. The van der Waals surface area contributed by atoms with E-state index < -0.39 is 0 Å². The van der Waals surface area contributed by atoms with Crippen LogP contribution in [0.3, 0.4) is 0 Å². The van der Waals surface area contributed by atoms with Crippen molar-refractivity contribution < 1.29 is 5.21 Å². The zero-order valence-electron chi connectivity index (χ0n) is 10.6. The summed E-state index contributed by atoms with van der Waals surface area (Å²) in [5.74, 6) is 0.949. The van der Waals surface area contributed by atoms with Gasteiger partial charge in [-0.3, -0.25) is 0 Å². The first-order valence-electron chi connectivity index (χ1n) is 6.08. The largest absolute Gasteiger partial charge is 0.409 e. The highest BCUT2D eigenvalue weighted by molar-refractivity contribution is 6.33. The van der Waals surface area contributed by atoms with Gasteiger partial charge in [0.15, 0.2) is 11.7 Å². The highest BCUT2D eigenvalue weighted by Crippen LogP contribution is 2.29. The lowest BCUT2D eigenvalue weighted by Crippen LogP contribution is -2.33. The molecule has 2 heterocycles. The number of nitrogens with zero attached hydrogens (tertiary/aromatic N) is 5. The van der Waals surface area contributed by atoms with Crippen molar-refractivity contribution in [3.63, 3.8) is 0 Å². The first-order valence-corrected chi connectivity index (χ1v) is 6.46. The number of halogens is 1. The second-order valence-corrected chi connectivity index (χ2v) is 4.92. The first kappa shape index (κ1) is 12.7. The van der Waals surface area contributed by atoms with Crippen LogP contribution < -0.4 is 10.6 Å². The molecule has 0 saturated carbocycles. The van der Waals surface area contributed by atoms with Crippen LogP contribution in [0.2, 0.25) is 5.02 Å². The molecule has 7 nitrogen and oxygen atoms in total. The number of rotatable bonds is 2. The molecule has 104 valence electrons. The smallest absolute Gasteiger partial charge is 0.170 e. The fourth-order valence-corrected chi connectivity index (χ4v) is 2.55. The molecule has 0 saturated heterocycles. The van der Waals surface area contributed by atoms with Crippen LogP contribution in [0.15, 0.2) is 29.7 Å². The SMILES string of the molecule is NC(=NO)c1ccc(N2CCn3cnnc3C2)c(Cl)c1. The van der Waals surface area contributed by atoms with E-state index in [4.69, 9.17) is 22.5 Å². The second-order valence-electron chi connectivity index (χ2n) is 4.51. The lowest BCUT2D eigenvalue weighted by Gasteiger charge is -2.29. The van der Waals surface area contributed by atoms with Crippen molar-refractivity contribution in [2.75, 3.05) is 11.4 Å². The van der Waals surface area contributed by atoms with Crippen LogP contribution in [-0.4, -0.2) is 32.4 Å². The minimum atomic E-state index is 0.0387. The molecule has 0 atom stereocenters. The summed E-state index contributed by atoms with van der Waals surface area (Å²) < 4.78 is 2.02. The summed E-state index contributed by atoms with van der Waals surface area (Å²) in [6.45, 7) is 2.30. The Balaban J connectivity index is 1.89. The van der Waals surface area contributed by atoms with E-state index in [1.54, 1.807) is 18.5 Å². The predicted octanol–water partition coefficient (Wildman–Crippen LogP) is 1.05. The summed E-state index contributed by atoms with van der Waals surface area (Å²) >= 11 is 6.29. The zero-order chi connectivity index (χ0) is 14.1. The van der Waals surface area contributed by atoms with E-state index in [-0.39, 0.29) is 5.84 Å². The van der Waals surface area contributed by atoms with Gasteiger partial charge in [0, 0.05) is 18.7 Å². The molecule has 1 aromatic carbocycles. The monoisotopic (exact) mass is 292 g/mol. The molecule has 0 spiro atoms. The van der Waals surface area contributed by atoms with Gasteiger partial charge in [-0.25, -0.2) is 0 Å². The van der Waals surface area contributed by atoms with Crippen LogP contribution in [0, 0.1) is 0 Å². The molecule has 20 heavy (non-hydrogen) atoms. The Bertz CT molecular complexity index is 668. The molecule has 0 radical (unpaired) electrons. The molecule has 2 aromatic rings. The summed E-state index contributed by atoms with van der Waals surface area (Å²) in [6.07, 6.45) is 1.73. The second kappa shape index (κ2) is 5.01. The lowest BCUT2D eigenvalue weighted by atomic mass is 10.1. The number of fused-ring (bicyclic) bond motifs is 1. The van der Waals surface area contributed by atoms with Gasteiger partial charge in [-0.05, 0) is 18.2 Å². The molecule has 3 N–H and O–H groups in total. The van der Waals surface area contributed by atoms with Crippen LogP contribution in [0.1, 0.15) is 11.4 Å². The molecule has 1 aliphatic heterocycles. The van der Waals surface area contributed by atoms with Gasteiger partial charge in [0.1, 0.15) is 6.33 Å². The molecule has 0 unspecified atom stereocenters. The van der Waals surface area contributed by atoms with E-state index in [9.17, 15) is 0 Å². The molecule has 0 amide bonds. The topological polar surface area (TPSA) is 92.6 Å². The van der Waals surface area contributed by atoms with Gasteiger partial charge in [-0.2, -0.15) is 0 Å². The maximum absolute atomic E-state index is 8.67. The van der Waals surface area contributed by atoms with E-state index >= 15 is 0 Å². The number of amidine groups is 1. The predicted molar refractivity (Wildman–Crippen MR) is 75.0 cm³/mol. The van der Waals surface area contributed by atoms with Crippen molar-refractivity contribution >= 4 is 23.1 Å². The van der Waals surface area contributed by atoms with Crippen molar-refractivity contribution in [3.05, 3.63) is 40.9 Å². The molecular weight excluding hydrogens is 280 g/mol.